The molecule has 1 aliphatic heterocycles. The molecule has 3 rings (SSSR count). The molecule has 1 saturated carbocycles. The van der Waals surface area contributed by atoms with Crippen LogP contribution in [0.2, 0.25) is 0 Å². The zero-order valence-corrected chi connectivity index (χ0v) is 14.2. The molecule has 130 valence electrons. The number of fused-ring (bicyclic) bond motifs is 1. The van der Waals surface area contributed by atoms with Crippen molar-refractivity contribution < 1.29 is 14.3 Å². The van der Waals surface area contributed by atoms with Gasteiger partial charge in [0.2, 0.25) is 5.91 Å². The van der Waals surface area contributed by atoms with E-state index in [0.717, 1.165) is 36.9 Å². The summed E-state index contributed by atoms with van der Waals surface area (Å²) >= 11 is 0. The largest absolute Gasteiger partial charge is 0.368 e. The lowest BCUT2D eigenvalue weighted by Gasteiger charge is -2.31. The van der Waals surface area contributed by atoms with Gasteiger partial charge in [-0.05, 0) is 30.9 Å². The Balaban J connectivity index is 1.80. The molecule has 2 atom stereocenters. The van der Waals surface area contributed by atoms with Crippen LogP contribution in [0.5, 0.6) is 0 Å². The Morgan fingerprint density at radius 1 is 1.25 bits per heavy atom. The molecule has 5 nitrogen and oxygen atoms in total. The summed E-state index contributed by atoms with van der Waals surface area (Å²) in [6, 6.07) is 7.01. The summed E-state index contributed by atoms with van der Waals surface area (Å²) in [6.45, 7) is 1.95. The summed E-state index contributed by atoms with van der Waals surface area (Å²) in [5.41, 5.74) is 7.33. The highest BCUT2D eigenvalue weighted by atomic mass is 16.5. The highest BCUT2D eigenvalue weighted by Gasteiger charge is 2.40. The van der Waals surface area contributed by atoms with E-state index in [9.17, 15) is 9.59 Å². The van der Waals surface area contributed by atoms with Crippen LogP contribution in [-0.2, 0) is 20.7 Å². The van der Waals surface area contributed by atoms with Gasteiger partial charge in [-0.2, -0.15) is 0 Å². The van der Waals surface area contributed by atoms with Gasteiger partial charge < -0.3 is 10.5 Å². The van der Waals surface area contributed by atoms with E-state index in [1.54, 1.807) is 4.90 Å². The molecular weight excluding hydrogens is 304 g/mol. The van der Waals surface area contributed by atoms with Gasteiger partial charge in [0, 0.05) is 12.1 Å². The zero-order chi connectivity index (χ0) is 17.1. The number of benzene rings is 1. The summed E-state index contributed by atoms with van der Waals surface area (Å²) in [4.78, 5) is 26.6. The van der Waals surface area contributed by atoms with Crippen LogP contribution < -0.4 is 10.6 Å². The summed E-state index contributed by atoms with van der Waals surface area (Å²) in [7, 11) is 0. The van der Waals surface area contributed by atoms with Gasteiger partial charge in [0.05, 0.1) is 6.10 Å². The van der Waals surface area contributed by atoms with Crippen LogP contribution in [0.3, 0.4) is 0 Å². The SMILES string of the molecule is CC[C@@H](OC1CCCCC1)C(=O)N1c2ccccc2C[C@H]1C(N)=O. The van der Waals surface area contributed by atoms with E-state index in [0.29, 0.717) is 12.8 Å². The van der Waals surface area contributed by atoms with Gasteiger partial charge in [-0.15, -0.1) is 0 Å². The normalized spacial score (nSPS) is 22.2. The van der Waals surface area contributed by atoms with Crippen LogP contribution in [0, 0.1) is 0 Å². The summed E-state index contributed by atoms with van der Waals surface area (Å²) in [5, 5.41) is 0. The quantitative estimate of drug-likeness (QED) is 0.902. The first-order valence-corrected chi connectivity index (χ1v) is 8.97. The van der Waals surface area contributed by atoms with Crippen LogP contribution in [0.4, 0.5) is 5.69 Å². The Bertz CT molecular complexity index is 610. The molecule has 0 spiro atoms. The van der Waals surface area contributed by atoms with Crippen LogP contribution in [0.25, 0.3) is 0 Å². The fourth-order valence-electron chi connectivity index (χ4n) is 3.80. The van der Waals surface area contributed by atoms with Crippen molar-refractivity contribution in [3.8, 4) is 0 Å². The molecule has 24 heavy (non-hydrogen) atoms. The maximum Gasteiger partial charge on any atom is 0.256 e. The van der Waals surface area contributed by atoms with E-state index >= 15 is 0 Å². The fourth-order valence-corrected chi connectivity index (χ4v) is 3.80. The number of hydrogen-bond donors (Lipinski definition) is 1. The smallest absolute Gasteiger partial charge is 0.256 e. The van der Waals surface area contributed by atoms with Gasteiger partial charge in [0.1, 0.15) is 12.1 Å². The number of hydrogen-bond acceptors (Lipinski definition) is 3. The predicted octanol–water partition coefficient (Wildman–Crippen LogP) is 2.56. The summed E-state index contributed by atoms with van der Waals surface area (Å²) < 4.78 is 6.11. The lowest BCUT2D eigenvalue weighted by molar-refractivity contribution is -0.137. The minimum atomic E-state index is -0.612. The third-order valence-electron chi connectivity index (χ3n) is 5.10. The van der Waals surface area contributed by atoms with E-state index < -0.39 is 18.1 Å². The Morgan fingerprint density at radius 3 is 2.62 bits per heavy atom. The monoisotopic (exact) mass is 330 g/mol. The lowest BCUT2D eigenvalue weighted by atomic mass is 9.97. The molecule has 2 amide bonds. The minimum Gasteiger partial charge on any atom is -0.368 e. The van der Waals surface area contributed by atoms with E-state index in [2.05, 4.69) is 0 Å². The Hall–Kier alpha value is -1.88. The van der Waals surface area contributed by atoms with Gasteiger partial charge >= 0.3 is 0 Å². The van der Waals surface area contributed by atoms with Crippen LogP contribution >= 0.6 is 0 Å². The van der Waals surface area contributed by atoms with Crippen molar-refractivity contribution >= 4 is 17.5 Å². The molecule has 1 heterocycles. The second kappa shape index (κ2) is 7.34. The van der Waals surface area contributed by atoms with Gasteiger partial charge in [-0.25, -0.2) is 0 Å². The van der Waals surface area contributed by atoms with Crippen molar-refractivity contribution in [2.45, 2.75) is 70.1 Å². The van der Waals surface area contributed by atoms with Crippen LogP contribution in [0.15, 0.2) is 24.3 Å². The van der Waals surface area contributed by atoms with E-state index in [1.807, 2.05) is 31.2 Å². The molecule has 0 saturated heterocycles. The lowest BCUT2D eigenvalue weighted by Crippen LogP contribution is -2.50. The molecule has 0 bridgehead atoms. The molecule has 1 aromatic carbocycles. The number of nitrogens with two attached hydrogens (primary N) is 1. The molecule has 5 heteroatoms. The molecule has 2 N–H and O–H groups in total. The number of primary amides is 1. The fraction of sp³-hybridized carbons (Fsp3) is 0.579. The maximum absolute atomic E-state index is 13.1. The molecular formula is C19H26N2O3. The molecule has 0 aromatic heterocycles. The maximum atomic E-state index is 13.1. The Kier molecular flexibility index (Phi) is 5.19. The molecule has 1 fully saturated rings. The van der Waals surface area contributed by atoms with Gasteiger partial charge in [-0.3, -0.25) is 14.5 Å². The first-order chi connectivity index (χ1) is 11.6. The number of para-hydroxylation sites is 1. The second-order valence-corrected chi connectivity index (χ2v) is 6.75. The van der Waals surface area contributed by atoms with Gasteiger partial charge in [0.25, 0.3) is 5.91 Å². The molecule has 1 aromatic rings. The zero-order valence-electron chi connectivity index (χ0n) is 14.2. The molecule has 0 unspecified atom stereocenters. The third-order valence-corrected chi connectivity index (χ3v) is 5.10. The van der Waals surface area contributed by atoms with E-state index in [-0.39, 0.29) is 12.0 Å². The van der Waals surface area contributed by atoms with Crippen molar-refractivity contribution in [2.75, 3.05) is 4.90 Å². The molecule has 1 aliphatic carbocycles. The second-order valence-electron chi connectivity index (χ2n) is 6.75. The number of ether oxygens (including phenoxy) is 1. The average molecular weight is 330 g/mol. The van der Waals surface area contributed by atoms with Crippen molar-refractivity contribution in [1.82, 2.24) is 0 Å². The van der Waals surface area contributed by atoms with Crippen LogP contribution in [-0.4, -0.2) is 30.1 Å². The first-order valence-electron chi connectivity index (χ1n) is 8.97. The first kappa shape index (κ1) is 17.0. The van der Waals surface area contributed by atoms with Crippen molar-refractivity contribution in [3.63, 3.8) is 0 Å². The topological polar surface area (TPSA) is 72.6 Å². The predicted molar refractivity (Wildman–Crippen MR) is 92.7 cm³/mol. The number of nitrogens with zero attached hydrogens (tertiary/aromatic N) is 1. The number of rotatable bonds is 5. The Morgan fingerprint density at radius 2 is 1.96 bits per heavy atom. The van der Waals surface area contributed by atoms with Gasteiger partial charge in [0.15, 0.2) is 0 Å². The van der Waals surface area contributed by atoms with Crippen molar-refractivity contribution in [3.05, 3.63) is 29.8 Å². The minimum absolute atomic E-state index is 0.142. The van der Waals surface area contributed by atoms with E-state index in [1.165, 1.54) is 6.42 Å². The third kappa shape index (κ3) is 3.31. The number of carbonyl (C=O) groups is 2. The van der Waals surface area contributed by atoms with Crippen molar-refractivity contribution in [2.24, 2.45) is 5.73 Å². The number of anilines is 1. The molecule has 2 aliphatic rings. The standard InChI is InChI=1S/C19H26N2O3/c1-2-17(24-14-9-4-3-5-10-14)19(23)21-15-11-7-6-8-13(15)12-16(21)18(20)22/h6-8,11,14,16-17H,2-5,9-10,12H2,1H3,(H2,20,22)/t16-,17+/m0/s1. The molecule has 0 radical (unpaired) electrons. The average Bonchev–Trinajstić information content (AvgIpc) is 3.00. The van der Waals surface area contributed by atoms with Crippen molar-refractivity contribution in [1.29, 1.82) is 0 Å². The Labute approximate surface area is 143 Å². The summed E-state index contributed by atoms with van der Waals surface area (Å²) in [6.07, 6.45) is 6.31. The van der Waals surface area contributed by atoms with E-state index in [4.69, 9.17) is 10.5 Å². The van der Waals surface area contributed by atoms with Gasteiger partial charge in [-0.1, -0.05) is 44.4 Å². The number of carbonyl (C=O) groups excluding carboxylic acids is 2. The highest BCUT2D eigenvalue weighted by molar-refractivity contribution is 6.05. The number of amides is 2. The summed E-state index contributed by atoms with van der Waals surface area (Å²) in [5.74, 6) is -0.608. The highest BCUT2D eigenvalue weighted by Crippen LogP contribution is 2.33. The van der Waals surface area contributed by atoms with Crippen LogP contribution in [0.1, 0.15) is 51.0 Å².